The van der Waals surface area contributed by atoms with Gasteiger partial charge in [0.25, 0.3) is 0 Å². The van der Waals surface area contributed by atoms with E-state index in [9.17, 15) is 9.59 Å². The summed E-state index contributed by atoms with van der Waals surface area (Å²) >= 11 is 11.8. The molecule has 2 saturated heterocycles. The van der Waals surface area contributed by atoms with Gasteiger partial charge in [-0.2, -0.15) is 0 Å². The number of piperazine rings is 1. The first-order valence-electron chi connectivity index (χ1n) is 10.3. The fourth-order valence-electron chi connectivity index (χ4n) is 4.62. The van der Waals surface area contributed by atoms with E-state index in [1.54, 1.807) is 4.90 Å². The molecule has 3 fully saturated rings. The van der Waals surface area contributed by atoms with Crippen molar-refractivity contribution in [3.8, 4) is 0 Å². The largest absolute Gasteiger partial charge is 0.359 e. The average Bonchev–Trinajstić information content (AvgIpc) is 2.72. The summed E-state index contributed by atoms with van der Waals surface area (Å²) in [6.07, 6.45) is 2.14. The highest BCUT2D eigenvalue weighted by Crippen LogP contribution is 2.35. The van der Waals surface area contributed by atoms with Gasteiger partial charge in [-0.3, -0.25) is 14.5 Å². The molecule has 0 aromatic heterocycles. The lowest BCUT2D eigenvalue weighted by molar-refractivity contribution is -0.143. The molecule has 156 valence electrons. The van der Waals surface area contributed by atoms with E-state index >= 15 is 0 Å². The van der Waals surface area contributed by atoms with E-state index in [0.29, 0.717) is 29.5 Å². The van der Waals surface area contributed by atoms with Crippen LogP contribution in [-0.4, -0.2) is 70.9 Å². The minimum absolute atomic E-state index is 0.0297. The molecule has 2 heterocycles. The maximum atomic E-state index is 13.2. The number of nitrogens with one attached hydrogen (secondary N) is 1. The van der Waals surface area contributed by atoms with Crippen molar-refractivity contribution in [2.45, 2.75) is 31.8 Å². The van der Waals surface area contributed by atoms with Gasteiger partial charge in [0.15, 0.2) is 5.11 Å². The molecule has 1 aromatic carbocycles. The molecule has 29 heavy (non-hydrogen) atoms. The van der Waals surface area contributed by atoms with Crippen LogP contribution in [0.25, 0.3) is 0 Å². The van der Waals surface area contributed by atoms with E-state index in [1.807, 2.05) is 29.2 Å². The minimum atomic E-state index is -0.138. The molecule has 3 aliphatic rings. The van der Waals surface area contributed by atoms with Gasteiger partial charge < -0.3 is 15.1 Å². The smallest absolute Gasteiger partial charge is 0.234 e. The number of nitrogens with zero attached hydrogens (tertiary/aromatic N) is 3. The Balaban J connectivity index is 1.40. The Labute approximate surface area is 182 Å². The zero-order chi connectivity index (χ0) is 20.5. The molecule has 4 rings (SSSR count). The number of hydrogen-bond acceptors (Lipinski definition) is 4. The summed E-state index contributed by atoms with van der Waals surface area (Å²) in [5.74, 6) is 0.109. The quantitative estimate of drug-likeness (QED) is 0.738. The van der Waals surface area contributed by atoms with Crippen LogP contribution >= 0.6 is 23.8 Å². The molecular formula is C21H27ClN4O2S. The molecule has 1 aliphatic carbocycles. The van der Waals surface area contributed by atoms with Crippen LogP contribution in [0.2, 0.25) is 5.02 Å². The van der Waals surface area contributed by atoms with Crippen LogP contribution in [-0.2, 0) is 16.1 Å². The van der Waals surface area contributed by atoms with E-state index < -0.39 is 0 Å². The lowest BCUT2D eigenvalue weighted by Gasteiger charge is -2.44. The maximum absolute atomic E-state index is 13.2. The third-order valence-corrected chi connectivity index (χ3v) is 7.14. The van der Waals surface area contributed by atoms with Gasteiger partial charge in [0.2, 0.25) is 11.8 Å². The normalized spacial score (nSPS) is 28.1. The van der Waals surface area contributed by atoms with Gasteiger partial charge in [-0.15, -0.1) is 0 Å². The van der Waals surface area contributed by atoms with Crippen molar-refractivity contribution in [2.24, 2.45) is 11.8 Å². The Morgan fingerprint density at radius 3 is 2.66 bits per heavy atom. The second-order valence-electron chi connectivity index (χ2n) is 8.32. The van der Waals surface area contributed by atoms with Crippen LogP contribution in [0.1, 0.15) is 24.8 Å². The van der Waals surface area contributed by atoms with Gasteiger partial charge >= 0.3 is 0 Å². The summed E-state index contributed by atoms with van der Waals surface area (Å²) in [4.78, 5) is 32.0. The summed E-state index contributed by atoms with van der Waals surface area (Å²) < 4.78 is 0. The topological polar surface area (TPSA) is 55.9 Å². The number of amides is 2. The Hall–Kier alpha value is -1.70. The van der Waals surface area contributed by atoms with Crippen molar-refractivity contribution in [3.63, 3.8) is 0 Å². The van der Waals surface area contributed by atoms with E-state index in [4.69, 9.17) is 23.8 Å². The maximum Gasteiger partial charge on any atom is 0.234 e. The van der Waals surface area contributed by atoms with Crippen LogP contribution < -0.4 is 5.32 Å². The van der Waals surface area contributed by atoms with Crippen molar-refractivity contribution in [1.29, 1.82) is 0 Å². The van der Waals surface area contributed by atoms with E-state index in [-0.39, 0.29) is 29.7 Å². The standard InChI is InChI=1S/C21H27ClN4O2S/c1-24-8-10-25(11-9-24)19(27)14-6-7-16-18(12-14)23-21(29)26(20(16)28)13-15-4-2-3-5-17(15)22/h2-5,14,16,18H,6-13H2,1H3,(H,23,29). The highest BCUT2D eigenvalue weighted by atomic mass is 35.5. The Bertz CT molecular complexity index is 812. The van der Waals surface area contributed by atoms with Crippen LogP contribution in [0.5, 0.6) is 0 Å². The molecule has 1 aromatic rings. The van der Waals surface area contributed by atoms with Crippen LogP contribution in [0.15, 0.2) is 24.3 Å². The summed E-state index contributed by atoms with van der Waals surface area (Å²) in [5.41, 5.74) is 0.879. The van der Waals surface area contributed by atoms with Crippen LogP contribution in [0, 0.1) is 11.8 Å². The van der Waals surface area contributed by atoms with E-state index in [1.165, 1.54) is 0 Å². The fraction of sp³-hybridized carbons (Fsp3) is 0.571. The van der Waals surface area contributed by atoms with Crippen LogP contribution in [0.3, 0.4) is 0 Å². The second kappa shape index (κ2) is 8.58. The van der Waals surface area contributed by atoms with Gasteiger partial charge in [-0.25, -0.2) is 0 Å². The second-order valence-corrected chi connectivity index (χ2v) is 9.11. The van der Waals surface area contributed by atoms with Crippen LogP contribution in [0.4, 0.5) is 0 Å². The van der Waals surface area contributed by atoms with Crippen molar-refractivity contribution < 1.29 is 9.59 Å². The molecule has 0 spiro atoms. The highest BCUT2D eigenvalue weighted by molar-refractivity contribution is 7.80. The number of benzene rings is 1. The third-order valence-electron chi connectivity index (χ3n) is 6.44. The summed E-state index contributed by atoms with van der Waals surface area (Å²) in [5, 5.41) is 4.41. The number of carbonyl (C=O) groups is 2. The summed E-state index contributed by atoms with van der Waals surface area (Å²) in [7, 11) is 2.08. The van der Waals surface area contributed by atoms with Gasteiger partial charge in [0.05, 0.1) is 12.5 Å². The number of hydrogen-bond donors (Lipinski definition) is 1. The first kappa shape index (κ1) is 20.6. The first-order chi connectivity index (χ1) is 13.9. The molecular weight excluding hydrogens is 408 g/mol. The highest BCUT2D eigenvalue weighted by Gasteiger charge is 2.44. The molecule has 1 saturated carbocycles. The SMILES string of the molecule is CN1CCN(C(=O)C2CCC3C(=O)N(Cc4ccccc4Cl)C(=S)NC3C2)CC1. The number of rotatable bonds is 3. The summed E-state index contributed by atoms with van der Waals surface area (Å²) in [6.45, 7) is 3.79. The molecule has 0 bridgehead atoms. The molecule has 3 atom stereocenters. The lowest BCUT2D eigenvalue weighted by atomic mass is 9.76. The number of fused-ring (bicyclic) bond motifs is 1. The van der Waals surface area contributed by atoms with Gasteiger partial charge in [0, 0.05) is 43.2 Å². The molecule has 3 unspecified atom stereocenters. The van der Waals surface area contributed by atoms with Crippen molar-refractivity contribution in [3.05, 3.63) is 34.9 Å². The molecule has 0 radical (unpaired) electrons. The lowest BCUT2D eigenvalue weighted by Crippen LogP contribution is -2.62. The Morgan fingerprint density at radius 1 is 1.21 bits per heavy atom. The number of carbonyl (C=O) groups excluding carboxylic acids is 2. The average molecular weight is 435 g/mol. The van der Waals surface area contributed by atoms with Gasteiger partial charge in [-0.05, 0) is 50.2 Å². The predicted octanol–water partition coefficient (Wildman–Crippen LogP) is 2.12. The number of likely N-dealkylation sites (N-methyl/N-ethyl adjacent to an activating group) is 1. The van der Waals surface area contributed by atoms with Gasteiger partial charge in [-0.1, -0.05) is 29.8 Å². The predicted molar refractivity (Wildman–Crippen MR) is 116 cm³/mol. The third kappa shape index (κ3) is 4.27. The minimum Gasteiger partial charge on any atom is -0.359 e. The van der Waals surface area contributed by atoms with E-state index in [0.717, 1.165) is 38.2 Å². The zero-order valence-electron chi connectivity index (χ0n) is 16.6. The van der Waals surface area contributed by atoms with Crippen molar-refractivity contribution >= 4 is 40.7 Å². The van der Waals surface area contributed by atoms with E-state index in [2.05, 4.69) is 17.3 Å². The zero-order valence-corrected chi connectivity index (χ0v) is 18.2. The molecule has 1 N–H and O–H groups in total. The Morgan fingerprint density at radius 2 is 1.93 bits per heavy atom. The summed E-state index contributed by atoms with van der Waals surface area (Å²) in [6, 6.07) is 7.45. The Kier molecular flexibility index (Phi) is 6.08. The fourth-order valence-corrected chi connectivity index (χ4v) is 5.12. The number of halogens is 1. The molecule has 8 heteroatoms. The molecule has 6 nitrogen and oxygen atoms in total. The van der Waals surface area contributed by atoms with Gasteiger partial charge in [0.1, 0.15) is 0 Å². The molecule has 2 amide bonds. The molecule has 2 aliphatic heterocycles. The first-order valence-corrected chi connectivity index (χ1v) is 11.0. The number of thiocarbonyl (C=S) groups is 1. The van der Waals surface area contributed by atoms with Crippen molar-refractivity contribution in [2.75, 3.05) is 33.2 Å². The monoisotopic (exact) mass is 434 g/mol. The van der Waals surface area contributed by atoms with Crippen molar-refractivity contribution in [1.82, 2.24) is 20.0 Å².